The van der Waals surface area contributed by atoms with Crippen LogP contribution in [0.15, 0.2) is 195 Å². The molecule has 0 bridgehead atoms. The van der Waals surface area contributed by atoms with Crippen LogP contribution in [-0.2, 0) is 10.8 Å². The van der Waals surface area contributed by atoms with Gasteiger partial charge in [0, 0.05) is 31.3 Å². The largest absolute Gasteiger partial charge is 0.361 e. The highest BCUT2D eigenvalue weighted by molar-refractivity contribution is 5.86. The molecule has 0 fully saturated rings. The lowest BCUT2D eigenvalue weighted by atomic mass is 9.63. The Morgan fingerprint density at radius 3 is 1.68 bits per heavy atom. The van der Waals surface area contributed by atoms with Crippen LogP contribution in [0.1, 0.15) is 44.6 Å². The Labute approximate surface area is 294 Å². The molecule has 0 radical (unpaired) electrons. The summed E-state index contributed by atoms with van der Waals surface area (Å²) in [6.45, 7) is 0.819. The summed E-state index contributed by atoms with van der Waals surface area (Å²) in [5.41, 5.74) is 12.1. The summed E-state index contributed by atoms with van der Waals surface area (Å²) in [5, 5.41) is 0. The first-order valence-electron chi connectivity index (χ1n) is 17.3. The molecular weight excluding hydrogens is 607 g/mol. The summed E-state index contributed by atoms with van der Waals surface area (Å²) in [6, 6.07) is 64.5. The maximum absolute atomic E-state index is 5.10. The third kappa shape index (κ3) is 4.47. The van der Waals surface area contributed by atoms with E-state index in [1.54, 1.807) is 0 Å². The van der Waals surface area contributed by atoms with Gasteiger partial charge in [0.1, 0.15) is 0 Å². The van der Waals surface area contributed by atoms with Crippen LogP contribution < -0.4 is 4.90 Å². The van der Waals surface area contributed by atoms with Crippen molar-refractivity contribution in [3.63, 3.8) is 0 Å². The van der Waals surface area contributed by atoms with E-state index < -0.39 is 10.8 Å². The zero-order valence-corrected chi connectivity index (χ0v) is 28.0. The summed E-state index contributed by atoms with van der Waals surface area (Å²) in [5.74, 6) is 0. The number of hydrogen-bond donors (Lipinski definition) is 0. The summed E-state index contributed by atoms with van der Waals surface area (Å²) in [4.78, 5) is 9.62. The van der Waals surface area contributed by atoms with Gasteiger partial charge in [0.05, 0.1) is 23.2 Å². The number of fused-ring (bicyclic) bond motifs is 3. The molecule has 0 saturated carbocycles. The first-order chi connectivity index (χ1) is 24.7. The minimum Gasteiger partial charge on any atom is -0.361 e. The lowest BCUT2D eigenvalue weighted by molar-refractivity contribution is 0.495. The zero-order valence-electron chi connectivity index (χ0n) is 28.0. The Bertz CT molecular complexity index is 2190. The average Bonchev–Trinajstić information content (AvgIpc) is 3.76. The number of anilines is 1. The van der Waals surface area contributed by atoms with Gasteiger partial charge in [0.25, 0.3) is 0 Å². The van der Waals surface area contributed by atoms with Crippen molar-refractivity contribution in [1.82, 2.24) is 9.88 Å². The van der Waals surface area contributed by atoms with Crippen LogP contribution in [0.4, 0.5) is 5.69 Å². The monoisotopic (exact) mass is 643 g/mol. The number of benzene rings is 6. The third-order valence-corrected chi connectivity index (χ3v) is 10.6. The molecule has 3 heteroatoms. The highest BCUT2D eigenvalue weighted by atomic mass is 15.3. The van der Waals surface area contributed by atoms with Crippen LogP contribution in [0.25, 0.3) is 11.1 Å². The number of nitrogens with zero attached hydrogens (tertiary/aromatic N) is 3. The van der Waals surface area contributed by atoms with Gasteiger partial charge in [-0.05, 0) is 74.3 Å². The van der Waals surface area contributed by atoms with E-state index >= 15 is 0 Å². The van der Waals surface area contributed by atoms with Crippen molar-refractivity contribution in [3.05, 3.63) is 239 Å². The molecule has 0 spiro atoms. The Balaban J connectivity index is 1.37. The van der Waals surface area contributed by atoms with Crippen molar-refractivity contribution in [3.8, 4) is 11.1 Å². The number of pyridine rings is 1. The van der Waals surface area contributed by atoms with Gasteiger partial charge in [0.15, 0.2) is 0 Å². The fraction of sp³-hybridized carbons (Fsp3) is 0.0851. The molecule has 9 rings (SSSR count). The van der Waals surface area contributed by atoms with Crippen LogP contribution in [0, 0.1) is 0 Å². The maximum atomic E-state index is 5.10. The Hall–Kier alpha value is -6.19. The third-order valence-electron chi connectivity index (χ3n) is 10.6. The molecule has 0 unspecified atom stereocenters. The molecule has 7 aromatic rings. The van der Waals surface area contributed by atoms with E-state index in [0.29, 0.717) is 0 Å². The van der Waals surface area contributed by atoms with E-state index in [4.69, 9.17) is 4.98 Å². The maximum Gasteiger partial charge on any atom is 0.0938 e. The highest BCUT2D eigenvalue weighted by Gasteiger charge is 2.47. The fourth-order valence-electron chi connectivity index (χ4n) is 8.53. The smallest absolute Gasteiger partial charge is 0.0938 e. The van der Waals surface area contributed by atoms with E-state index in [1.807, 2.05) is 12.3 Å². The van der Waals surface area contributed by atoms with Gasteiger partial charge in [-0.2, -0.15) is 0 Å². The minimum atomic E-state index is -0.661. The second-order valence-corrected chi connectivity index (χ2v) is 13.3. The topological polar surface area (TPSA) is 19.4 Å². The van der Waals surface area contributed by atoms with Crippen LogP contribution in [-0.4, -0.2) is 23.6 Å². The summed E-state index contributed by atoms with van der Waals surface area (Å²) in [7, 11) is 2.12. The molecule has 1 aliphatic carbocycles. The van der Waals surface area contributed by atoms with Gasteiger partial charge in [-0.15, -0.1) is 0 Å². The van der Waals surface area contributed by atoms with E-state index in [2.05, 4.69) is 199 Å². The molecule has 0 N–H and O–H groups in total. The SMILES string of the molecule is CN1C=CN(c2cccc(C3(c4cccc(C(c5ccccc5)(c5ccccc5)c5ccccn5)c4)c4ccccc4-c4ccccc43)c2)C1. The van der Waals surface area contributed by atoms with Crippen molar-refractivity contribution in [2.45, 2.75) is 10.8 Å². The van der Waals surface area contributed by atoms with Gasteiger partial charge < -0.3 is 9.80 Å². The molecule has 50 heavy (non-hydrogen) atoms. The molecule has 2 heterocycles. The van der Waals surface area contributed by atoms with Crippen molar-refractivity contribution in [1.29, 1.82) is 0 Å². The molecule has 240 valence electrons. The van der Waals surface area contributed by atoms with Gasteiger partial charge in [-0.25, -0.2) is 0 Å². The van der Waals surface area contributed by atoms with Crippen molar-refractivity contribution >= 4 is 5.69 Å². The first kappa shape index (κ1) is 29.9. The lowest BCUT2D eigenvalue weighted by Crippen LogP contribution is -2.34. The van der Waals surface area contributed by atoms with Crippen molar-refractivity contribution in [2.24, 2.45) is 0 Å². The van der Waals surface area contributed by atoms with E-state index in [0.717, 1.165) is 12.4 Å². The molecule has 0 atom stereocenters. The standard InChI is InChI=1S/C47H37N3/c1-49-30-31-50(34-49)40-23-15-22-39(33-40)47(43-26-10-8-24-41(43)42-25-9-11-27-44(42)47)38-21-14-20-37(32-38)46(35-16-4-2-5-17-35,36-18-6-3-7-19-36)45-28-12-13-29-48-45/h2-33H,34H2,1H3. The molecule has 1 aromatic heterocycles. The van der Waals surface area contributed by atoms with Gasteiger partial charge >= 0.3 is 0 Å². The average molecular weight is 644 g/mol. The zero-order chi connectivity index (χ0) is 33.5. The quantitative estimate of drug-likeness (QED) is 0.161. The van der Waals surface area contributed by atoms with E-state index in [1.165, 1.54) is 55.8 Å². The molecule has 6 aromatic carbocycles. The normalized spacial score (nSPS) is 14.4. The highest BCUT2D eigenvalue weighted by Crippen LogP contribution is 2.57. The summed E-state index contributed by atoms with van der Waals surface area (Å²) < 4.78 is 0. The first-order valence-corrected chi connectivity index (χ1v) is 17.3. The van der Waals surface area contributed by atoms with Gasteiger partial charge in [-0.1, -0.05) is 152 Å². The Kier molecular flexibility index (Phi) is 7.21. The molecular formula is C47H37N3. The molecule has 1 aliphatic heterocycles. The predicted octanol–water partition coefficient (Wildman–Crippen LogP) is 10.0. The Morgan fingerprint density at radius 1 is 0.520 bits per heavy atom. The predicted molar refractivity (Wildman–Crippen MR) is 204 cm³/mol. The molecule has 0 saturated heterocycles. The number of rotatable bonds is 7. The van der Waals surface area contributed by atoms with Crippen molar-refractivity contribution in [2.75, 3.05) is 18.6 Å². The van der Waals surface area contributed by atoms with Gasteiger partial charge in [-0.3, -0.25) is 4.98 Å². The van der Waals surface area contributed by atoms with Crippen LogP contribution in [0.5, 0.6) is 0 Å². The van der Waals surface area contributed by atoms with Crippen LogP contribution in [0.3, 0.4) is 0 Å². The minimum absolute atomic E-state index is 0.558. The number of hydrogen-bond acceptors (Lipinski definition) is 3. The Morgan fingerprint density at radius 2 is 1.08 bits per heavy atom. The number of aromatic nitrogens is 1. The molecule has 0 amide bonds. The van der Waals surface area contributed by atoms with E-state index in [-0.39, 0.29) is 0 Å². The van der Waals surface area contributed by atoms with Crippen molar-refractivity contribution < 1.29 is 0 Å². The van der Waals surface area contributed by atoms with Crippen LogP contribution >= 0.6 is 0 Å². The van der Waals surface area contributed by atoms with E-state index in [9.17, 15) is 0 Å². The van der Waals surface area contributed by atoms with Gasteiger partial charge in [0.2, 0.25) is 0 Å². The molecule has 3 nitrogen and oxygen atoms in total. The molecule has 2 aliphatic rings. The lowest BCUT2D eigenvalue weighted by Gasteiger charge is -2.38. The second-order valence-electron chi connectivity index (χ2n) is 13.3. The fourth-order valence-corrected chi connectivity index (χ4v) is 8.53. The van der Waals surface area contributed by atoms with Crippen LogP contribution in [0.2, 0.25) is 0 Å². The second kappa shape index (κ2) is 12.0. The summed E-state index contributed by atoms with van der Waals surface area (Å²) >= 11 is 0. The summed E-state index contributed by atoms with van der Waals surface area (Å²) in [6.07, 6.45) is 6.22.